The number of rotatable bonds is 2. The third kappa shape index (κ3) is 3.05. The molecule has 0 aromatic carbocycles. The van der Waals surface area contributed by atoms with E-state index in [2.05, 4.69) is 111 Å². The van der Waals surface area contributed by atoms with Crippen molar-refractivity contribution in [2.75, 3.05) is 0 Å². The highest BCUT2D eigenvalue weighted by molar-refractivity contribution is 8.57. The van der Waals surface area contributed by atoms with E-state index in [0.29, 0.717) is 20.9 Å². The third-order valence-corrected chi connectivity index (χ3v) is 32.5. The Morgan fingerprint density at radius 3 is 1.25 bits per heavy atom. The van der Waals surface area contributed by atoms with Crippen LogP contribution in [0.4, 0.5) is 0 Å². The Hall–Kier alpha value is 1.20. The summed E-state index contributed by atoms with van der Waals surface area (Å²) in [5, 5.41) is 3.94. The van der Waals surface area contributed by atoms with Crippen LogP contribution in [0.3, 0.4) is 0 Å². The Morgan fingerprint density at radius 1 is 0.571 bits per heavy atom. The minimum absolute atomic E-state index is 0.0554. The van der Waals surface area contributed by atoms with Crippen molar-refractivity contribution >= 4 is 39.3 Å². The number of allylic oxidation sites excluding steroid dienone is 2. The summed E-state index contributed by atoms with van der Waals surface area (Å²) >= 11 is 0. The van der Waals surface area contributed by atoms with Crippen LogP contribution in [0.1, 0.15) is 62.3 Å². The molecule has 0 N–H and O–H groups in total. The summed E-state index contributed by atoms with van der Waals surface area (Å²) < 4.78 is 0.656. The maximum absolute atomic E-state index is 2.67. The average molecular weight is 471 g/mol. The lowest BCUT2D eigenvalue weighted by molar-refractivity contribution is 0.438. The highest BCUT2D eigenvalue weighted by atomic mass is 32.1. The van der Waals surface area contributed by atoms with Gasteiger partial charge in [-0.3, -0.25) is 0 Å². The Labute approximate surface area is 182 Å². The van der Waals surface area contributed by atoms with Crippen LogP contribution in [0.15, 0.2) is 20.5 Å². The van der Waals surface area contributed by atoms with Crippen LogP contribution in [0.25, 0.3) is 0 Å². The molecule has 0 aromatic heterocycles. The first-order chi connectivity index (χ1) is 12.1. The van der Waals surface area contributed by atoms with Gasteiger partial charge in [0, 0.05) is 0 Å². The molecule has 0 amide bonds. The Bertz CT molecular complexity index is 715. The first-order valence-electron chi connectivity index (χ1n) is 11.0. The minimum atomic E-state index is -1.37. The van der Waals surface area contributed by atoms with E-state index in [4.69, 9.17) is 0 Å². The fourth-order valence-electron chi connectivity index (χ4n) is 5.45. The zero-order valence-electron chi connectivity index (χ0n) is 21.3. The molecule has 3 aliphatic heterocycles. The van der Waals surface area contributed by atoms with Crippen LogP contribution in [0, 0.1) is 16.2 Å². The monoisotopic (exact) mass is 470 g/mol. The second-order valence-corrected chi connectivity index (χ2v) is 34.3. The molecule has 1 saturated heterocycles. The first kappa shape index (κ1) is 23.9. The first-order valence-corrected chi connectivity index (χ1v) is 22.7. The van der Waals surface area contributed by atoms with Gasteiger partial charge in [0.15, 0.2) is 0 Å². The van der Waals surface area contributed by atoms with Crippen molar-refractivity contribution in [2.45, 2.75) is 106 Å². The van der Waals surface area contributed by atoms with Gasteiger partial charge < -0.3 is 0 Å². The molecule has 0 nitrogen and oxygen atoms in total. The number of hydrogen-bond donors (Lipinski definition) is 0. The van der Waals surface area contributed by atoms with Crippen molar-refractivity contribution in [3.63, 3.8) is 0 Å². The van der Waals surface area contributed by atoms with E-state index in [9.17, 15) is 0 Å². The summed E-state index contributed by atoms with van der Waals surface area (Å²) in [6.45, 7) is 39.0. The summed E-state index contributed by atoms with van der Waals surface area (Å²) in [5.41, 5.74) is 1.08. The lowest BCUT2D eigenvalue weighted by atomic mass is 9.88. The topological polar surface area (TPSA) is 0 Å². The van der Waals surface area contributed by atoms with Gasteiger partial charge in [-0.2, -0.15) is 0 Å². The molecule has 4 atom stereocenters. The van der Waals surface area contributed by atoms with E-state index in [-0.39, 0.29) is 23.1 Å². The normalized spacial score (nSPS) is 33.8. The predicted molar refractivity (Wildman–Crippen MR) is 143 cm³/mol. The molecule has 28 heavy (non-hydrogen) atoms. The maximum atomic E-state index is 2.67. The molecule has 0 bridgehead atoms. The van der Waals surface area contributed by atoms with Crippen LogP contribution in [0.5, 0.6) is 0 Å². The molecule has 0 aliphatic carbocycles. The van der Waals surface area contributed by atoms with Gasteiger partial charge in [-0.1, -0.05) is 111 Å². The average Bonchev–Trinajstić information content (AvgIpc) is 2.77. The number of fused-ring (bicyclic) bond motifs is 1. The Balaban J connectivity index is 2.44. The molecule has 0 radical (unpaired) electrons. The van der Waals surface area contributed by atoms with Crippen LogP contribution < -0.4 is 0 Å². The molecule has 0 saturated carbocycles. The highest BCUT2D eigenvalue weighted by Gasteiger charge is 2.84. The molecule has 3 rings (SSSR count). The summed E-state index contributed by atoms with van der Waals surface area (Å²) in [6, 6.07) is 0. The van der Waals surface area contributed by atoms with Gasteiger partial charge in [0.2, 0.25) is 0 Å². The fraction of sp³-hybridized carbons (Fsp3) is 0.826. The lowest BCUT2D eigenvalue weighted by Crippen LogP contribution is -2.32. The molecule has 0 aromatic rings. The van der Waals surface area contributed by atoms with E-state index < -0.39 is 16.1 Å². The standard InChI is InChI=1S/C23H45P3Si2/c1-20(2,3)16-17(21(4,5)6)25-23(22(7,8)9)24(16)18(27(10,11)12)19(26(23)25)28(13,14)15/h1-15H3. The molecule has 160 valence electrons. The van der Waals surface area contributed by atoms with E-state index in [1.54, 1.807) is 0 Å². The second-order valence-electron chi connectivity index (χ2n) is 14.2. The third-order valence-electron chi connectivity index (χ3n) is 6.23. The summed E-state index contributed by atoms with van der Waals surface area (Å²) in [4.78, 5) is 4.24. The van der Waals surface area contributed by atoms with Crippen LogP contribution in [0.2, 0.25) is 39.3 Å². The van der Waals surface area contributed by atoms with Gasteiger partial charge in [-0.25, -0.2) is 0 Å². The molecule has 5 heteroatoms. The van der Waals surface area contributed by atoms with Crippen molar-refractivity contribution in [3.8, 4) is 0 Å². The number of hydrogen-bond acceptors (Lipinski definition) is 0. The van der Waals surface area contributed by atoms with Crippen LogP contribution >= 0.6 is 23.1 Å². The van der Waals surface area contributed by atoms with Gasteiger partial charge in [0.05, 0.1) is 20.8 Å². The van der Waals surface area contributed by atoms with Crippen LogP contribution in [-0.4, -0.2) is 20.8 Å². The van der Waals surface area contributed by atoms with Crippen LogP contribution in [-0.2, 0) is 0 Å². The Morgan fingerprint density at radius 2 is 0.964 bits per heavy atom. The SMILES string of the molecule is CC(C)(C)C1=C(C(C)(C)C)P2P3C([Si](C)(C)C)=C([Si](C)(C)C)P1C23C(C)(C)C. The molecule has 3 aliphatic rings. The lowest BCUT2D eigenvalue weighted by Gasteiger charge is -2.42. The molecule has 0 spiro atoms. The summed E-state index contributed by atoms with van der Waals surface area (Å²) in [6.07, 6.45) is 0. The molecule has 4 unspecified atom stereocenters. The predicted octanol–water partition coefficient (Wildman–Crippen LogP) is 10.4. The van der Waals surface area contributed by atoms with Crippen molar-refractivity contribution in [2.24, 2.45) is 16.2 Å². The zero-order chi connectivity index (χ0) is 22.0. The van der Waals surface area contributed by atoms with E-state index in [1.165, 1.54) is 0 Å². The van der Waals surface area contributed by atoms with Crippen molar-refractivity contribution in [1.82, 2.24) is 0 Å². The summed E-state index contributed by atoms with van der Waals surface area (Å²) in [7, 11) is -2.66. The smallest absolute Gasteiger partial charge is 0.0656 e. The highest BCUT2D eigenvalue weighted by Crippen LogP contribution is 3.25. The quantitative estimate of drug-likeness (QED) is 0.278. The largest absolute Gasteiger partial charge is 0.0786 e. The fourth-order valence-corrected chi connectivity index (χ4v) is 45.4. The van der Waals surface area contributed by atoms with Gasteiger partial charge in [0.25, 0.3) is 0 Å². The second kappa shape index (κ2) is 6.16. The Kier molecular flexibility index (Phi) is 5.25. The van der Waals surface area contributed by atoms with E-state index in [0.717, 1.165) is 0 Å². The summed E-state index contributed by atoms with van der Waals surface area (Å²) in [5.74, 6) is 0. The maximum Gasteiger partial charge on any atom is 0.0786 e. The zero-order valence-corrected chi connectivity index (χ0v) is 26.0. The molecular weight excluding hydrogens is 425 g/mol. The van der Waals surface area contributed by atoms with Gasteiger partial charge in [-0.05, 0) is 50.0 Å². The van der Waals surface area contributed by atoms with E-state index >= 15 is 0 Å². The van der Waals surface area contributed by atoms with Crippen molar-refractivity contribution < 1.29 is 0 Å². The van der Waals surface area contributed by atoms with E-state index in [1.807, 2.05) is 10.6 Å². The molecule has 3 heterocycles. The molecular formula is C23H45P3Si2. The molecule has 1 fully saturated rings. The minimum Gasteiger partial charge on any atom is -0.0656 e. The van der Waals surface area contributed by atoms with Gasteiger partial charge in [-0.15, -0.1) is 0 Å². The van der Waals surface area contributed by atoms with Gasteiger partial charge in [0.1, 0.15) is 0 Å². The van der Waals surface area contributed by atoms with Crippen molar-refractivity contribution in [1.29, 1.82) is 0 Å². The van der Waals surface area contributed by atoms with Gasteiger partial charge >= 0.3 is 0 Å². The van der Waals surface area contributed by atoms with Crippen molar-refractivity contribution in [3.05, 3.63) is 20.5 Å².